The molecule has 2 aliphatic rings. The first-order valence-corrected chi connectivity index (χ1v) is 6.89. The second-order valence-corrected chi connectivity index (χ2v) is 5.50. The van der Waals surface area contributed by atoms with Crippen LogP contribution in [-0.4, -0.2) is 49.6 Å². The molecule has 4 nitrogen and oxygen atoms in total. The van der Waals surface area contributed by atoms with Crippen molar-refractivity contribution >= 4 is 0 Å². The highest BCUT2D eigenvalue weighted by Gasteiger charge is 2.38. The molecule has 2 unspecified atom stereocenters. The Morgan fingerprint density at radius 3 is 2.59 bits per heavy atom. The second-order valence-electron chi connectivity index (χ2n) is 5.50. The van der Waals surface area contributed by atoms with E-state index in [0.717, 1.165) is 12.3 Å². The molecule has 2 atom stereocenters. The number of likely N-dealkylation sites (tertiary alicyclic amines) is 1. The van der Waals surface area contributed by atoms with E-state index >= 15 is 0 Å². The fourth-order valence-corrected chi connectivity index (χ4v) is 2.94. The standard InChI is InChI=1S/C13H26N2O2/c1-3-15-6-4-11(5-7-15)8-13(2)16-10-12(9-14)17-13/h11-12H,3-10,14H2,1-2H3. The van der Waals surface area contributed by atoms with Gasteiger partial charge in [0.1, 0.15) is 0 Å². The molecule has 2 rings (SSSR count). The molecule has 0 aromatic rings. The molecule has 2 fully saturated rings. The largest absolute Gasteiger partial charge is 0.347 e. The summed E-state index contributed by atoms with van der Waals surface area (Å²) in [5, 5.41) is 0. The van der Waals surface area contributed by atoms with Gasteiger partial charge in [-0.3, -0.25) is 0 Å². The van der Waals surface area contributed by atoms with E-state index in [1.165, 1.54) is 32.5 Å². The molecule has 17 heavy (non-hydrogen) atoms. The minimum Gasteiger partial charge on any atom is -0.347 e. The van der Waals surface area contributed by atoms with Crippen molar-refractivity contribution in [2.75, 3.05) is 32.8 Å². The smallest absolute Gasteiger partial charge is 0.166 e. The average Bonchev–Trinajstić information content (AvgIpc) is 2.72. The van der Waals surface area contributed by atoms with Crippen molar-refractivity contribution in [3.63, 3.8) is 0 Å². The summed E-state index contributed by atoms with van der Waals surface area (Å²) in [6.45, 7) is 9.12. The van der Waals surface area contributed by atoms with E-state index in [1.54, 1.807) is 0 Å². The highest BCUT2D eigenvalue weighted by atomic mass is 16.7. The van der Waals surface area contributed by atoms with E-state index in [2.05, 4.69) is 18.7 Å². The Morgan fingerprint density at radius 1 is 1.35 bits per heavy atom. The molecule has 2 aliphatic heterocycles. The van der Waals surface area contributed by atoms with Gasteiger partial charge in [0, 0.05) is 13.0 Å². The van der Waals surface area contributed by atoms with Gasteiger partial charge in [-0.2, -0.15) is 0 Å². The van der Waals surface area contributed by atoms with E-state index in [0.29, 0.717) is 13.2 Å². The molecule has 2 heterocycles. The van der Waals surface area contributed by atoms with Gasteiger partial charge in [0.2, 0.25) is 0 Å². The Labute approximate surface area is 104 Å². The maximum Gasteiger partial charge on any atom is 0.166 e. The maximum atomic E-state index is 5.89. The molecule has 2 N–H and O–H groups in total. The second kappa shape index (κ2) is 5.65. The van der Waals surface area contributed by atoms with Crippen molar-refractivity contribution < 1.29 is 9.47 Å². The molecular formula is C13H26N2O2. The van der Waals surface area contributed by atoms with Gasteiger partial charge < -0.3 is 20.1 Å². The topological polar surface area (TPSA) is 47.7 Å². The molecule has 100 valence electrons. The summed E-state index contributed by atoms with van der Waals surface area (Å²) in [5.41, 5.74) is 5.61. The fourth-order valence-electron chi connectivity index (χ4n) is 2.94. The van der Waals surface area contributed by atoms with Gasteiger partial charge in [-0.15, -0.1) is 0 Å². The normalized spacial score (nSPS) is 36.5. The predicted molar refractivity (Wildman–Crippen MR) is 67.7 cm³/mol. The SMILES string of the molecule is CCN1CCC(CC2(C)OCC(CN)O2)CC1. The summed E-state index contributed by atoms with van der Waals surface area (Å²) in [6.07, 6.45) is 3.64. The van der Waals surface area contributed by atoms with Crippen LogP contribution in [0.2, 0.25) is 0 Å². The van der Waals surface area contributed by atoms with Crippen LogP contribution in [0.25, 0.3) is 0 Å². The zero-order chi connectivity index (χ0) is 12.3. The van der Waals surface area contributed by atoms with Crippen molar-refractivity contribution in [2.45, 2.75) is 45.0 Å². The third-order valence-corrected chi connectivity index (χ3v) is 4.07. The monoisotopic (exact) mass is 242 g/mol. The minimum atomic E-state index is -0.386. The molecule has 0 saturated carbocycles. The summed E-state index contributed by atoms with van der Waals surface area (Å²) in [6, 6.07) is 0. The molecule has 0 spiro atoms. The van der Waals surface area contributed by atoms with Crippen LogP contribution < -0.4 is 5.73 Å². The molecule has 0 amide bonds. The van der Waals surface area contributed by atoms with Crippen LogP contribution in [0.15, 0.2) is 0 Å². The lowest BCUT2D eigenvalue weighted by atomic mass is 9.90. The quantitative estimate of drug-likeness (QED) is 0.804. The van der Waals surface area contributed by atoms with Gasteiger partial charge in [0.15, 0.2) is 5.79 Å². The molecule has 0 aliphatic carbocycles. The molecule has 0 aromatic carbocycles. The van der Waals surface area contributed by atoms with E-state index in [1.807, 2.05) is 0 Å². The number of nitrogens with zero attached hydrogens (tertiary/aromatic N) is 1. The lowest BCUT2D eigenvalue weighted by Crippen LogP contribution is -2.38. The van der Waals surface area contributed by atoms with Gasteiger partial charge in [-0.25, -0.2) is 0 Å². The Hall–Kier alpha value is -0.160. The van der Waals surface area contributed by atoms with Gasteiger partial charge in [0.05, 0.1) is 12.7 Å². The lowest BCUT2D eigenvalue weighted by Gasteiger charge is -2.34. The number of hydrogen-bond acceptors (Lipinski definition) is 4. The number of hydrogen-bond donors (Lipinski definition) is 1. The zero-order valence-electron chi connectivity index (χ0n) is 11.2. The summed E-state index contributed by atoms with van der Waals surface area (Å²) in [7, 11) is 0. The highest BCUT2D eigenvalue weighted by Crippen LogP contribution is 2.33. The third-order valence-electron chi connectivity index (χ3n) is 4.07. The number of nitrogens with two attached hydrogens (primary N) is 1. The molecule has 0 radical (unpaired) electrons. The molecule has 0 aromatic heterocycles. The summed E-state index contributed by atoms with van der Waals surface area (Å²) < 4.78 is 11.7. The van der Waals surface area contributed by atoms with E-state index < -0.39 is 0 Å². The Bertz CT molecular complexity index is 242. The molecule has 4 heteroatoms. The van der Waals surface area contributed by atoms with Crippen molar-refractivity contribution in [3.05, 3.63) is 0 Å². The zero-order valence-corrected chi connectivity index (χ0v) is 11.2. The van der Waals surface area contributed by atoms with Crippen LogP contribution in [0.3, 0.4) is 0 Å². The van der Waals surface area contributed by atoms with Crippen molar-refractivity contribution in [1.29, 1.82) is 0 Å². The van der Waals surface area contributed by atoms with Gasteiger partial charge in [-0.1, -0.05) is 6.92 Å². The van der Waals surface area contributed by atoms with Crippen molar-refractivity contribution in [2.24, 2.45) is 11.7 Å². The van der Waals surface area contributed by atoms with Crippen LogP contribution in [0, 0.1) is 5.92 Å². The van der Waals surface area contributed by atoms with Crippen LogP contribution in [0.1, 0.15) is 33.1 Å². The van der Waals surface area contributed by atoms with E-state index in [4.69, 9.17) is 15.2 Å². The van der Waals surface area contributed by atoms with Crippen LogP contribution in [-0.2, 0) is 9.47 Å². The maximum absolute atomic E-state index is 5.89. The first-order chi connectivity index (χ1) is 8.15. The third kappa shape index (κ3) is 3.41. The Kier molecular flexibility index (Phi) is 4.42. The molecular weight excluding hydrogens is 216 g/mol. The number of piperidine rings is 1. The minimum absolute atomic E-state index is 0.0933. The van der Waals surface area contributed by atoms with Crippen LogP contribution in [0.5, 0.6) is 0 Å². The lowest BCUT2D eigenvalue weighted by molar-refractivity contribution is -0.167. The number of ether oxygens (including phenoxy) is 2. The fraction of sp³-hybridized carbons (Fsp3) is 1.00. The van der Waals surface area contributed by atoms with Crippen molar-refractivity contribution in [3.8, 4) is 0 Å². The van der Waals surface area contributed by atoms with Crippen LogP contribution in [0.4, 0.5) is 0 Å². The van der Waals surface area contributed by atoms with Gasteiger partial charge >= 0.3 is 0 Å². The first kappa shape index (κ1) is 13.3. The molecule has 2 saturated heterocycles. The van der Waals surface area contributed by atoms with E-state index in [9.17, 15) is 0 Å². The summed E-state index contributed by atoms with van der Waals surface area (Å²) in [4.78, 5) is 2.51. The van der Waals surface area contributed by atoms with Crippen LogP contribution >= 0.6 is 0 Å². The molecule has 0 bridgehead atoms. The van der Waals surface area contributed by atoms with Gasteiger partial charge in [-0.05, 0) is 45.3 Å². The predicted octanol–water partition coefficient (Wildman–Crippen LogP) is 1.20. The van der Waals surface area contributed by atoms with Gasteiger partial charge in [0.25, 0.3) is 0 Å². The average molecular weight is 242 g/mol. The number of rotatable bonds is 4. The summed E-state index contributed by atoms with van der Waals surface area (Å²) >= 11 is 0. The summed E-state index contributed by atoms with van der Waals surface area (Å²) in [5.74, 6) is 0.350. The van der Waals surface area contributed by atoms with Crippen molar-refractivity contribution in [1.82, 2.24) is 4.90 Å². The Morgan fingerprint density at radius 2 is 2.06 bits per heavy atom. The highest BCUT2D eigenvalue weighted by molar-refractivity contribution is 4.81. The first-order valence-electron chi connectivity index (χ1n) is 6.89. The Balaban J connectivity index is 1.78. The van der Waals surface area contributed by atoms with E-state index in [-0.39, 0.29) is 11.9 Å².